The Bertz CT molecular complexity index is 481. The standard InChI is InChI=1S/C11H19N3O5S/c1-8(2)7-19-11(16)14-6-9(20(3,17)18)10(15)13-5-4-12/h8-9H,5-7H2,1-3H3,(H,13,15)(H,14,16). The van der Waals surface area contributed by atoms with Crippen molar-refractivity contribution in [2.24, 2.45) is 5.92 Å². The first-order valence-corrected chi connectivity index (χ1v) is 7.88. The number of carbonyl (C=O) groups excluding carboxylic acids is 2. The van der Waals surface area contributed by atoms with Crippen molar-refractivity contribution >= 4 is 21.8 Å². The van der Waals surface area contributed by atoms with E-state index in [-0.39, 0.29) is 19.1 Å². The predicted molar refractivity (Wildman–Crippen MR) is 71.4 cm³/mol. The van der Waals surface area contributed by atoms with Crippen molar-refractivity contribution in [1.82, 2.24) is 10.6 Å². The van der Waals surface area contributed by atoms with Gasteiger partial charge in [-0.1, -0.05) is 13.8 Å². The van der Waals surface area contributed by atoms with Gasteiger partial charge in [-0.2, -0.15) is 5.26 Å². The minimum atomic E-state index is -3.71. The number of nitrogens with zero attached hydrogens (tertiary/aromatic N) is 1. The summed E-state index contributed by atoms with van der Waals surface area (Å²) in [6, 6.07) is 1.66. The molecule has 0 fully saturated rings. The highest BCUT2D eigenvalue weighted by Gasteiger charge is 2.29. The summed E-state index contributed by atoms with van der Waals surface area (Å²) in [6.45, 7) is 3.18. The lowest BCUT2D eigenvalue weighted by molar-refractivity contribution is -0.120. The molecule has 0 saturated heterocycles. The Labute approximate surface area is 118 Å². The van der Waals surface area contributed by atoms with E-state index in [4.69, 9.17) is 10.00 Å². The second-order valence-electron chi connectivity index (χ2n) is 4.57. The molecule has 0 aliphatic carbocycles. The molecular formula is C11H19N3O5S. The molecule has 0 aliphatic heterocycles. The molecule has 0 rings (SSSR count). The van der Waals surface area contributed by atoms with Crippen LogP contribution < -0.4 is 10.6 Å². The van der Waals surface area contributed by atoms with Crippen molar-refractivity contribution in [1.29, 1.82) is 5.26 Å². The van der Waals surface area contributed by atoms with Gasteiger partial charge in [-0.05, 0) is 5.92 Å². The average Bonchev–Trinajstić information content (AvgIpc) is 2.32. The van der Waals surface area contributed by atoms with Crippen LogP contribution in [0.3, 0.4) is 0 Å². The van der Waals surface area contributed by atoms with Crippen molar-refractivity contribution in [2.75, 3.05) is 26.0 Å². The Morgan fingerprint density at radius 2 is 1.90 bits per heavy atom. The second kappa shape index (κ2) is 8.37. The van der Waals surface area contributed by atoms with E-state index in [1.165, 1.54) is 0 Å². The van der Waals surface area contributed by atoms with Crippen molar-refractivity contribution in [2.45, 2.75) is 19.1 Å². The van der Waals surface area contributed by atoms with Crippen molar-refractivity contribution in [3.8, 4) is 6.07 Å². The Morgan fingerprint density at radius 1 is 1.30 bits per heavy atom. The van der Waals surface area contributed by atoms with Gasteiger partial charge in [-0.25, -0.2) is 13.2 Å². The minimum Gasteiger partial charge on any atom is -0.449 e. The number of amides is 2. The highest BCUT2D eigenvalue weighted by atomic mass is 32.2. The topological polar surface area (TPSA) is 125 Å². The minimum absolute atomic E-state index is 0.144. The predicted octanol–water partition coefficient (Wildman–Crippen LogP) is -0.578. The number of sulfone groups is 1. The summed E-state index contributed by atoms with van der Waals surface area (Å²) in [4.78, 5) is 22.9. The molecule has 2 N–H and O–H groups in total. The molecule has 0 saturated carbocycles. The van der Waals surface area contributed by atoms with Gasteiger partial charge in [0.05, 0.1) is 12.7 Å². The van der Waals surface area contributed by atoms with Crippen LogP contribution in [0.4, 0.5) is 4.79 Å². The monoisotopic (exact) mass is 305 g/mol. The highest BCUT2D eigenvalue weighted by Crippen LogP contribution is 1.99. The van der Waals surface area contributed by atoms with E-state index in [1.807, 2.05) is 13.8 Å². The maximum atomic E-state index is 11.6. The van der Waals surface area contributed by atoms with Crippen LogP contribution >= 0.6 is 0 Å². The zero-order valence-corrected chi connectivity index (χ0v) is 12.5. The maximum absolute atomic E-state index is 11.6. The number of ether oxygens (including phenoxy) is 1. The first kappa shape index (κ1) is 18.2. The lowest BCUT2D eigenvalue weighted by atomic mass is 10.2. The number of rotatable bonds is 7. The molecule has 114 valence electrons. The molecule has 0 aliphatic rings. The van der Waals surface area contributed by atoms with Crippen LogP contribution in [0.1, 0.15) is 13.8 Å². The third-order valence-electron chi connectivity index (χ3n) is 2.13. The van der Waals surface area contributed by atoms with E-state index in [0.717, 1.165) is 6.26 Å². The summed E-state index contributed by atoms with van der Waals surface area (Å²) in [6.07, 6.45) is 0.0884. The SMILES string of the molecule is CC(C)COC(=O)NCC(C(=O)NCC#N)S(C)(=O)=O. The smallest absolute Gasteiger partial charge is 0.407 e. The van der Waals surface area contributed by atoms with Crippen LogP contribution in [0.5, 0.6) is 0 Å². The van der Waals surface area contributed by atoms with E-state index in [2.05, 4.69) is 10.6 Å². The molecule has 8 nitrogen and oxygen atoms in total. The Hall–Kier alpha value is -1.82. The molecule has 1 unspecified atom stereocenters. The lowest BCUT2D eigenvalue weighted by Crippen LogP contribution is -2.47. The molecule has 0 aromatic heterocycles. The van der Waals surface area contributed by atoms with E-state index < -0.39 is 33.6 Å². The zero-order valence-electron chi connectivity index (χ0n) is 11.7. The van der Waals surface area contributed by atoms with E-state index in [1.54, 1.807) is 6.07 Å². The zero-order chi connectivity index (χ0) is 15.8. The number of nitrogens with one attached hydrogen (secondary N) is 2. The van der Waals surface area contributed by atoms with Crippen LogP contribution in [0, 0.1) is 17.2 Å². The summed E-state index contributed by atoms with van der Waals surface area (Å²) in [5.41, 5.74) is 0. The van der Waals surface area contributed by atoms with Gasteiger partial charge in [0.2, 0.25) is 5.91 Å². The normalized spacial score (nSPS) is 12.3. The lowest BCUT2D eigenvalue weighted by Gasteiger charge is -2.15. The maximum Gasteiger partial charge on any atom is 0.407 e. The van der Waals surface area contributed by atoms with Crippen molar-refractivity contribution < 1.29 is 22.7 Å². The molecule has 2 amide bonds. The Kier molecular flexibility index (Phi) is 7.61. The van der Waals surface area contributed by atoms with Gasteiger partial charge in [0, 0.05) is 12.8 Å². The number of hydrogen-bond donors (Lipinski definition) is 2. The summed E-state index contributed by atoms with van der Waals surface area (Å²) < 4.78 is 27.8. The van der Waals surface area contributed by atoms with Gasteiger partial charge in [0.15, 0.2) is 15.1 Å². The fraction of sp³-hybridized carbons (Fsp3) is 0.727. The highest BCUT2D eigenvalue weighted by molar-refractivity contribution is 7.92. The molecule has 20 heavy (non-hydrogen) atoms. The quantitative estimate of drug-likeness (QED) is 0.606. The second-order valence-corrected chi connectivity index (χ2v) is 6.80. The molecule has 0 bridgehead atoms. The van der Waals surface area contributed by atoms with Crippen LogP contribution in [-0.4, -0.2) is 51.6 Å². The van der Waals surface area contributed by atoms with E-state index in [9.17, 15) is 18.0 Å². The Morgan fingerprint density at radius 3 is 2.35 bits per heavy atom. The van der Waals surface area contributed by atoms with Gasteiger partial charge >= 0.3 is 6.09 Å². The average molecular weight is 305 g/mol. The van der Waals surface area contributed by atoms with E-state index in [0.29, 0.717) is 0 Å². The van der Waals surface area contributed by atoms with Crippen molar-refractivity contribution in [3.63, 3.8) is 0 Å². The third-order valence-corrected chi connectivity index (χ3v) is 3.54. The molecule has 0 spiro atoms. The summed E-state index contributed by atoms with van der Waals surface area (Å²) in [5, 5.41) is 11.2. The molecule has 9 heteroatoms. The fourth-order valence-corrected chi connectivity index (χ4v) is 2.01. The van der Waals surface area contributed by atoms with Gasteiger partial charge in [-0.3, -0.25) is 4.79 Å². The molecular weight excluding hydrogens is 286 g/mol. The molecule has 0 aromatic carbocycles. The number of nitriles is 1. The third kappa shape index (κ3) is 7.58. The largest absolute Gasteiger partial charge is 0.449 e. The van der Waals surface area contributed by atoms with E-state index >= 15 is 0 Å². The summed E-state index contributed by atoms with van der Waals surface area (Å²) in [7, 11) is -3.71. The fourth-order valence-electron chi connectivity index (χ4n) is 1.15. The van der Waals surface area contributed by atoms with Crippen LogP contribution in [0.2, 0.25) is 0 Å². The van der Waals surface area contributed by atoms with Gasteiger partial charge in [0.1, 0.15) is 6.54 Å². The molecule has 0 radical (unpaired) electrons. The van der Waals surface area contributed by atoms with Gasteiger partial charge in [-0.15, -0.1) is 0 Å². The molecule has 0 aromatic rings. The van der Waals surface area contributed by atoms with Crippen LogP contribution in [0.15, 0.2) is 0 Å². The number of carbonyl (C=O) groups is 2. The van der Waals surface area contributed by atoms with Gasteiger partial charge < -0.3 is 15.4 Å². The van der Waals surface area contributed by atoms with Crippen LogP contribution in [-0.2, 0) is 19.4 Å². The first-order chi connectivity index (χ1) is 9.18. The van der Waals surface area contributed by atoms with Gasteiger partial charge in [0.25, 0.3) is 0 Å². The summed E-state index contributed by atoms with van der Waals surface area (Å²) in [5.74, 6) is -0.691. The molecule has 0 heterocycles. The number of alkyl carbamates (subject to hydrolysis) is 1. The Balaban J connectivity index is 4.51. The number of hydrogen-bond acceptors (Lipinski definition) is 6. The van der Waals surface area contributed by atoms with Crippen LogP contribution in [0.25, 0.3) is 0 Å². The first-order valence-electron chi connectivity index (χ1n) is 5.92. The molecule has 1 atom stereocenters. The summed E-state index contributed by atoms with van der Waals surface area (Å²) >= 11 is 0. The van der Waals surface area contributed by atoms with Crippen molar-refractivity contribution in [3.05, 3.63) is 0 Å².